The summed E-state index contributed by atoms with van der Waals surface area (Å²) in [6.45, 7) is 0.780. The molecule has 2 N–H and O–H groups in total. The Balaban J connectivity index is 1.39. The lowest BCUT2D eigenvalue weighted by Gasteiger charge is -2.34. The van der Waals surface area contributed by atoms with Crippen LogP contribution in [0, 0.1) is 5.92 Å². The van der Waals surface area contributed by atoms with E-state index in [0.29, 0.717) is 17.0 Å². The summed E-state index contributed by atoms with van der Waals surface area (Å²) >= 11 is 2.55. The Morgan fingerprint density at radius 3 is 2.70 bits per heavy atom. The van der Waals surface area contributed by atoms with E-state index in [1.54, 1.807) is 6.20 Å². The Bertz CT molecular complexity index is 868. The monoisotopic (exact) mass is 445 g/mol. The summed E-state index contributed by atoms with van der Waals surface area (Å²) in [6, 6.07) is 10.8. The molecular weight excluding hydrogens is 418 g/mol. The molecule has 2 aliphatic carbocycles. The second kappa shape index (κ2) is 9.83. The minimum atomic E-state index is -0.861. The van der Waals surface area contributed by atoms with E-state index in [1.807, 2.05) is 11.0 Å². The van der Waals surface area contributed by atoms with Gasteiger partial charge in [0.05, 0.1) is 16.2 Å². The van der Waals surface area contributed by atoms with E-state index in [1.165, 1.54) is 47.9 Å². The fourth-order valence-electron chi connectivity index (χ4n) is 4.28. The van der Waals surface area contributed by atoms with Crippen molar-refractivity contribution >= 4 is 40.2 Å². The first-order valence-electron chi connectivity index (χ1n) is 10.5. The number of carboxylic acids is 1. The number of benzene rings is 1. The molecule has 160 valence electrons. The number of amides is 2. The van der Waals surface area contributed by atoms with Gasteiger partial charge in [-0.3, -0.25) is 10.1 Å². The zero-order valence-corrected chi connectivity index (χ0v) is 18.5. The summed E-state index contributed by atoms with van der Waals surface area (Å²) in [5.74, 6) is 0.189. The van der Waals surface area contributed by atoms with Gasteiger partial charge in [-0.2, -0.15) is 0 Å². The molecule has 6 nitrogen and oxygen atoms in total. The zero-order chi connectivity index (χ0) is 20.9. The van der Waals surface area contributed by atoms with Crippen LogP contribution in [0.1, 0.15) is 50.0 Å². The van der Waals surface area contributed by atoms with Crippen LogP contribution in [0.5, 0.6) is 0 Å². The van der Waals surface area contributed by atoms with Crippen LogP contribution < -0.4 is 5.32 Å². The van der Waals surface area contributed by atoms with Gasteiger partial charge >= 0.3 is 12.0 Å². The fraction of sp³-hybridized carbons (Fsp3) is 0.500. The minimum absolute atomic E-state index is 0.00761. The summed E-state index contributed by atoms with van der Waals surface area (Å²) < 4.78 is 0.795. The molecule has 0 spiro atoms. The number of hydrogen-bond acceptors (Lipinski definition) is 5. The highest BCUT2D eigenvalue weighted by atomic mass is 32.2. The quantitative estimate of drug-likeness (QED) is 0.540. The molecule has 0 bridgehead atoms. The van der Waals surface area contributed by atoms with E-state index < -0.39 is 5.97 Å². The number of carbonyl (C=O) groups is 2. The smallest absolute Gasteiger partial charge is 0.323 e. The molecule has 2 aliphatic rings. The number of thiazole rings is 1. The fourth-order valence-corrected chi connectivity index (χ4v) is 5.86. The van der Waals surface area contributed by atoms with Crippen LogP contribution in [0.25, 0.3) is 0 Å². The summed E-state index contributed by atoms with van der Waals surface area (Å²) in [5, 5.41) is 12.3. The van der Waals surface area contributed by atoms with Gasteiger partial charge in [-0.05, 0) is 36.7 Å². The molecule has 1 heterocycles. The van der Waals surface area contributed by atoms with Crippen molar-refractivity contribution in [3.05, 3.63) is 42.1 Å². The second-order valence-corrected chi connectivity index (χ2v) is 10.4. The molecule has 2 saturated carbocycles. The molecule has 1 aromatic heterocycles. The largest absolute Gasteiger partial charge is 0.481 e. The van der Waals surface area contributed by atoms with Crippen LogP contribution in [0.15, 0.2) is 40.7 Å². The summed E-state index contributed by atoms with van der Waals surface area (Å²) in [5.41, 5.74) is 1.37. The van der Waals surface area contributed by atoms with Crippen molar-refractivity contribution in [1.82, 2.24) is 9.88 Å². The van der Waals surface area contributed by atoms with Crippen LogP contribution in [-0.2, 0) is 4.79 Å². The molecule has 2 fully saturated rings. The molecular formula is C22H27N3O3S2. The molecule has 0 aliphatic heterocycles. The first-order valence-corrected chi connectivity index (χ1v) is 12.3. The van der Waals surface area contributed by atoms with Crippen molar-refractivity contribution in [2.45, 2.75) is 54.7 Å². The highest BCUT2D eigenvalue weighted by molar-refractivity contribution is 8.01. The number of aliphatic carboxylic acids is 1. The van der Waals surface area contributed by atoms with Crippen molar-refractivity contribution in [2.75, 3.05) is 17.6 Å². The number of rotatable bonds is 8. The van der Waals surface area contributed by atoms with Gasteiger partial charge < -0.3 is 10.0 Å². The number of nitrogens with one attached hydrogen (secondary N) is 1. The lowest BCUT2D eigenvalue weighted by Crippen LogP contribution is -2.45. The molecule has 4 rings (SSSR count). The number of carboxylic acid groups (broad SMARTS) is 1. The third-order valence-electron chi connectivity index (χ3n) is 5.89. The summed E-state index contributed by atoms with van der Waals surface area (Å²) in [4.78, 5) is 30.2. The number of thioether (sulfide) groups is 1. The van der Waals surface area contributed by atoms with Gasteiger partial charge in [-0.15, -0.1) is 11.8 Å². The van der Waals surface area contributed by atoms with E-state index in [9.17, 15) is 9.59 Å². The van der Waals surface area contributed by atoms with Crippen LogP contribution in [0.3, 0.4) is 0 Å². The van der Waals surface area contributed by atoms with Crippen molar-refractivity contribution in [3.63, 3.8) is 0 Å². The molecule has 30 heavy (non-hydrogen) atoms. The molecule has 8 heteroatoms. The lowest BCUT2D eigenvalue weighted by molar-refractivity contribution is -0.133. The van der Waals surface area contributed by atoms with E-state index in [0.717, 1.165) is 30.0 Å². The normalized spacial score (nSPS) is 21.2. The first-order chi connectivity index (χ1) is 14.6. The van der Waals surface area contributed by atoms with Gasteiger partial charge in [0.1, 0.15) is 0 Å². The zero-order valence-electron chi connectivity index (χ0n) is 16.8. The second-order valence-electron chi connectivity index (χ2n) is 8.05. The molecule has 0 radical (unpaired) electrons. The SMILES string of the molecule is O=C(O)CSc1cnc(NC(=O)N(C[C@@H]2CC2c2ccccc2)C2CCCCC2)s1. The van der Waals surface area contributed by atoms with E-state index in [2.05, 4.69) is 34.6 Å². The highest BCUT2D eigenvalue weighted by Gasteiger charge is 2.41. The van der Waals surface area contributed by atoms with Crippen LogP contribution in [-0.4, -0.2) is 45.3 Å². The Morgan fingerprint density at radius 1 is 1.20 bits per heavy atom. The van der Waals surface area contributed by atoms with Crippen molar-refractivity contribution in [2.24, 2.45) is 5.92 Å². The van der Waals surface area contributed by atoms with Gasteiger partial charge in [0, 0.05) is 12.6 Å². The van der Waals surface area contributed by atoms with Crippen molar-refractivity contribution in [3.8, 4) is 0 Å². The van der Waals surface area contributed by atoms with Crippen LogP contribution in [0.2, 0.25) is 0 Å². The maximum Gasteiger partial charge on any atom is 0.323 e. The topological polar surface area (TPSA) is 82.5 Å². The maximum atomic E-state index is 13.2. The summed E-state index contributed by atoms with van der Waals surface area (Å²) in [7, 11) is 0. The number of anilines is 1. The van der Waals surface area contributed by atoms with E-state index in [4.69, 9.17) is 5.11 Å². The Kier molecular flexibility index (Phi) is 6.94. The number of hydrogen-bond donors (Lipinski definition) is 2. The molecule has 2 aromatic rings. The predicted molar refractivity (Wildman–Crippen MR) is 120 cm³/mol. The number of carbonyl (C=O) groups excluding carboxylic acids is 1. The standard InChI is InChI=1S/C22H27N3O3S2/c26-19(27)14-29-20-12-23-21(30-20)24-22(28)25(17-9-5-2-6-10-17)13-16-11-18(16)15-7-3-1-4-8-15/h1,3-4,7-8,12,16-18H,2,5-6,9-11,13-14H2,(H,26,27)(H,23,24,28)/t16-,18?/m0/s1. The number of nitrogens with zero attached hydrogens (tertiary/aromatic N) is 2. The van der Waals surface area contributed by atoms with Gasteiger partial charge in [0.15, 0.2) is 5.13 Å². The van der Waals surface area contributed by atoms with Crippen molar-refractivity contribution < 1.29 is 14.7 Å². The third-order valence-corrected chi connectivity index (χ3v) is 7.99. The minimum Gasteiger partial charge on any atom is -0.481 e. The Labute approximate surface area is 185 Å². The average Bonchev–Trinajstić information content (AvgIpc) is 3.40. The molecule has 1 unspecified atom stereocenters. The van der Waals surface area contributed by atoms with Gasteiger partial charge in [-0.1, -0.05) is 60.9 Å². The Morgan fingerprint density at radius 2 is 1.97 bits per heavy atom. The van der Waals surface area contributed by atoms with Gasteiger partial charge in [0.25, 0.3) is 0 Å². The first kappa shape index (κ1) is 21.2. The molecule has 0 saturated heterocycles. The van der Waals surface area contributed by atoms with Gasteiger partial charge in [-0.25, -0.2) is 9.78 Å². The van der Waals surface area contributed by atoms with Gasteiger partial charge in [0.2, 0.25) is 0 Å². The summed E-state index contributed by atoms with van der Waals surface area (Å²) in [6.07, 6.45) is 8.49. The maximum absolute atomic E-state index is 13.2. The lowest BCUT2D eigenvalue weighted by atomic mass is 9.94. The van der Waals surface area contributed by atoms with E-state index >= 15 is 0 Å². The molecule has 2 amide bonds. The third kappa shape index (κ3) is 5.55. The van der Waals surface area contributed by atoms with Crippen molar-refractivity contribution in [1.29, 1.82) is 0 Å². The Hall–Kier alpha value is -2.06. The number of urea groups is 1. The van der Waals surface area contributed by atoms with Crippen LogP contribution >= 0.6 is 23.1 Å². The molecule has 2 atom stereocenters. The van der Waals surface area contributed by atoms with E-state index in [-0.39, 0.29) is 17.8 Å². The highest BCUT2D eigenvalue weighted by Crippen LogP contribution is 2.48. The number of aromatic nitrogens is 1. The average molecular weight is 446 g/mol. The molecule has 1 aromatic carbocycles. The van der Waals surface area contributed by atoms with Crippen LogP contribution in [0.4, 0.5) is 9.93 Å². The predicted octanol–water partition coefficient (Wildman–Crippen LogP) is 5.29.